The quantitative estimate of drug-likeness (QED) is 0.138. The van der Waals surface area contributed by atoms with E-state index in [1.54, 1.807) is 0 Å². The fraction of sp³-hybridized carbons (Fsp3) is 0.0154. The first-order chi connectivity index (χ1) is 34.1. The number of rotatable bonds is 10. The van der Waals surface area contributed by atoms with E-state index in [4.69, 9.17) is 0 Å². The third-order valence-electron chi connectivity index (χ3n) is 13.4. The second-order valence-corrected chi connectivity index (χ2v) is 17.7. The molecule has 3 nitrogen and oxygen atoms in total. The Balaban J connectivity index is 1.10. The van der Waals surface area contributed by atoms with E-state index in [9.17, 15) is 0 Å². The molecule has 4 heteroatoms. The largest absolute Gasteiger partial charge is 0.355 e. The third-order valence-corrected chi connectivity index (χ3v) is 13.4. The van der Waals surface area contributed by atoms with E-state index < -0.39 is 0 Å². The number of anilines is 8. The molecule has 0 saturated heterocycles. The number of benzene rings is 11. The van der Waals surface area contributed by atoms with Gasteiger partial charge >= 0.3 is 0 Å². The number of hydrogen-bond acceptors (Lipinski definition) is 3. The zero-order valence-electron chi connectivity index (χ0n) is 38.3. The van der Waals surface area contributed by atoms with E-state index in [1.165, 1.54) is 55.3 Å². The van der Waals surface area contributed by atoms with Gasteiger partial charge in [-0.05, 0) is 134 Å². The molecule has 0 aliphatic carbocycles. The van der Waals surface area contributed by atoms with Crippen LogP contribution in [0, 0.1) is 6.92 Å². The first-order valence-corrected chi connectivity index (χ1v) is 23.7. The van der Waals surface area contributed by atoms with Gasteiger partial charge in [0.05, 0.1) is 0 Å². The summed E-state index contributed by atoms with van der Waals surface area (Å²) >= 11 is 0. The third kappa shape index (κ3) is 8.02. The lowest BCUT2D eigenvalue weighted by atomic mass is 9.57. The summed E-state index contributed by atoms with van der Waals surface area (Å²) in [6.07, 6.45) is 0. The van der Waals surface area contributed by atoms with E-state index in [2.05, 4.69) is 290 Å². The van der Waals surface area contributed by atoms with Crippen LogP contribution in [0.1, 0.15) is 5.56 Å². The molecule has 0 unspecified atom stereocenters. The standard InChI is InChI=1S/C65H47BN3/c1-45-31-32-51(48-23-11-4-12-24-48)42-62(45)69-61-40-35-50(47-21-9-3-10-22-47)41-59(61)66-65-63(69)43-52-25-17-18-30-57(52)64(65)58-39-38-56(68(54-26-13-5-14-27-54)55-28-15-6-16-29-55)44-60(58)67-53-36-33-49(34-37-53)46-19-7-2-8-20-46/h2-44,67H,1H3. The Morgan fingerprint density at radius 1 is 0.391 bits per heavy atom. The van der Waals surface area contributed by atoms with Crippen LogP contribution in [0.4, 0.5) is 45.5 Å². The number of nitrogens with zero attached hydrogens (tertiary/aromatic N) is 2. The van der Waals surface area contributed by atoms with E-state index in [0.29, 0.717) is 0 Å². The predicted octanol–water partition coefficient (Wildman–Crippen LogP) is 16.5. The van der Waals surface area contributed by atoms with Crippen molar-refractivity contribution in [1.29, 1.82) is 0 Å². The second-order valence-electron chi connectivity index (χ2n) is 17.7. The van der Waals surface area contributed by atoms with Gasteiger partial charge in [-0.15, -0.1) is 0 Å². The minimum Gasteiger partial charge on any atom is -0.355 e. The molecule has 0 atom stereocenters. The molecule has 69 heavy (non-hydrogen) atoms. The first kappa shape index (κ1) is 41.6. The lowest BCUT2D eigenvalue weighted by molar-refractivity contribution is 1.26. The molecule has 0 saturated carbocycles. The molecule has 1 aliphatic rings. The van der Waals surface area contributed by atoms with E-state index >= 15 is 0 Å². The van der Waals surface area contributed by atoms with Gasteiger partial charge in [-0.1, -0.05) is 200 Å². The molecule has 1 N–H and O–H groups in total. The highest BCUT2D eigenvalue weighted by Crippen LogP contribution is 2.46. The fourth-order valence-corrected chi connectivity index (χ4v) is 9.99. The smallest absolute Gasteiger partial charge is 0.197 e. The highest BCUT2D eigenvalue weighted by atomic mass is 15.2. The molecular weight excluding hydrogens is 834 g/mol. The van der Waals surface area contributed by atoms with Gasteiger partial charge in [-0.2, -0.15) is 0 Å². The molecule has 1 aliphatic heterocycles. The van der Waals surface area contributed by atoms with Crippen molar-refractivity contribution < 1.29 is 0 Å². The first-order valence-electron chi connectivity index (χ1n) is 23.7. The lowest BCUT2D eigenvalue weighted by Crippen LogP contribution is -2.41. The number of hydrogen-bond donors (Lipinski definition) is 1. The summed E-state index contributed by atoms with van der Waals surface area (Å²) < 4.78 is 0. The maximum atomic E-state index is 3.99. The number of para-hydroxylation sites is 2. The summed E-state index contributed by atoms with van der Waals surface area (Å²) in [5.41, 5.74) is 21.5. The van der Waals surface area contributed by atoms with Gasteiger partial charge in [0.1, 0.15) is 0 Å². The maximum absolute atomic E-state index is 3.99. The van der Waals surface area contributed by atoms with Crippen LogP contribution in [-0.4, -0.2) is 7.28 Å². The number of fused-ring (bicyclic) bond motifs is 3. The molecule has 0 amide bonds. The molecule has 325 valence electrons. The Labute approximate surface area is 405 Å². The summed E-state index contributed by atoms with van der Waals surface area (Å²) in [5, 5.41) is 6.35. The average molecular weight is 881 g/mol. The summed E-state index contributed by atoms with van der Waals surface area (Å²) in [7, 11) is 2.43. The maximum Gasteiger partial charge on any atom is 0.197 e. The van der Waals surface area contributed by atoms with Crippen LogP contribution in [0.25, 0.3) is 55.3 Å². The zero-order chi connectivity index (χ0) is 46.1. The van der Waals surface area contributed by atoms with Gasteiger partial charge in [-0.25, -0.2) is 0 Å². The van der Waals surface area contributed by atoms with Gasteiger partial charge in [0.15, 0.2) is 7.28 Å². The summed E-state index contributed by atoms with van der Waals surface area (Å²) in [6.45, 7) is 2.23. The minimum atomic E-state index is 1.00. The molecule has 1 heterocycles. The summed E-state index contributed by atoms with van der Waals surface area (Å²) in [6, 6.07) is 94.1. The molecule has 0 bridgehead atoms. The highest BCUT2D eigenvalue weighted by molar-refractivity contribution is 6.74. The summed E-state index contributed by atoms with van der Waals surface area (Å²) in [4.78, 5) is 4.84. The van der Waals surface area contributed by atoms with Gasteiger partial charge < -0.3 is 15.1 Å². The van der Waals surface area contributed by atoms with Gasteiger partial charge in [0.2, 0.25) is 0 Å². The molecule has 1 radical (unpaired) electrons. The average Bonchev–Trinajstić information content (AvgIpc) is 3.41. The Hall–Kier alpha value is -8.86. The molecule has 0 aromatic heterocycles. The van der Waals surface area contributed by atoms with Crippen LogP contribution in [0.15, 0.2) is 261 Å². The normalized spacial score (nSPS) is 11.6. The predicted molar refractivity (Wildman–Crippen MR) is 295 cm³/mol. The molecule has 11 aromatic rings. The second kappa shape index (κ2) is 18.1. The molecular formula is C65H47BN3. The van der Waals surface area contributed by atoms with Crippen molar-refractivity contribution >= 4 is 74.5 Å². The number of aryl methyl sites for hydroxylation is 1. The Morgan fingerprint density at radius 2 is 0.913 bits per heavy atom. The van der Waals surface area contributed by atoms with Crippen molar-refractivity contribution in [1.82, 2.24) is 0 Å². The Bertz CT molecular complexity index is 3560. The van der Waals surface area contributed by atoms with E-state index in [1.807, 2.05) is 0 Å². The van der Waals surface area contributed by atoms with Crippen LogP contribution in [0.2, 0.25) is 0 Å². The summed E-state index contributed by atoms with van der Waals surface area (Å²) in [5.74, 6) is 0. The van der Waals surface area contributed by atoms with Gasteiger partial charge in [-0.3, -0.25) is 0 Å². The van der Waals surface area contributed by atoms with Gasteiger partial charge in [0.25, 0.3) is 0 Å². The zero-order valence-corrected chi connectivity index (χ0v) is 38.3. The highest BCUT2D eigenvalue weighted by Gasteiger charge is 2.31. The van der Waals surface area contributed by atoms with E-state index in [-0.39, 0.29) is 0 Å². The van der Waals surface area contributed by atoms with Crippen molar-refractivity contribution in [3.8, 4) is 44.5 Å². The van der Waals surface area contributed by atoms with Crippen LogP contribution >= 0.6 is 0 Å². The van der Waals surface area contributed by atoms with Crippen molar-refractivity contribution in [3.05, 3.63) is 266 Å². The monoisotopic (exact) mass is 880 g/mol. The Kier molecular flexibility index (Phi) is 10.9. The van der Waals surface area contributed by atoms with Crippen LogP contribution in [-0.2, 0) is 0 Å². The van der Waals surface area contributed by atoms with Crippen LogP contribution < -0.4 is 26.0 Å². The molecule has 11 aromatic carbocycles. The number of nitrogens with one attached hydrogen (secondary N) is 1. The minimum absolute atomic E-state index is 1.00. The molecule has 12 rings (SSSR count). The van der Waals surface area contributed by atoms with E-state index in [0.717, 1.165) is 62.0 Å². The van der Waals surface area contributed by atoms with Gasteiger partial charge in [0, 0.05) is 51.1 Å². The fourth-order valence-electron chi connectivity index (χ4n) is 9.99. The molecule has 0 spiro atoms. The van der Waals surface area contributed by atoms with Crippen molar-refractivity contribution in [2.24, 2.45) is 0 Å². The van der Waals surface area contributed by atoms with Crippen molar-refractivity contribution in [2.75, 3.05) is 15.1 Å². The topological polar surface area (TPSA) is 18.5 Å². The van der Waals surface area contributed by atoms with Crippen LogP contribution in [0.3, 0.4) is 0 Å². The Morgan fingerprint density at radius 3 is 1.55 bits per heavy atom. The molecule has 0 fully saturated rings. The van der Waals surface area contributed by atoms with Crippen molar-refractivity contribution in [2.45, 2.75) is 6.92 Å². The van der Waals surface area contributed by atoms with Crippen molar-refractivity contribution in [3.63, 3.8) is 0 Å². The lowest BCUT2D eigenvalue weighted by Gasteiger charge is -2.37. The SMILES string of the molecule is Cc1ccc(-c2ccccc2)cc1N1c2ccc(-c3ccccc3)cc2[B]c2c1cc1ccccc1c2-c1ccc(N(c2ccccc2)c2ccccc2)cc1Nc1ccc(-c2ccccc2)cc1. The van der Waals surface area contributed by atoms with Crippen LogP contribution in [0.5, 0.6) is 0 Å².